The lowest BCUT2D eigenvalue weighted by molar-refractivity contribution is -0.0515. The Kier molecular flexibility index (Phi) is 5.47. The number of methoxy groups -OCH3 is 1. The number of alkyl halides is 2. The van der Waals surface area contributed by atoms with E-state index in [0.29, 0.717) is 11.3 Å². The molecule has 0 atom stereocenters. The minimum atomic E-state index is -3.09. The number of rotatable bonds is 6. The zero-order chi connectivity index (χ0) is 17.7. The molecule has 0 bridgehead atoms. The Bertz CT molecular complexity index is 745. The van der Waals surface area contributed by atoms with E-state index >= 15 is 0 Å². The van der Waals surface area contributed by atoms with Crippen LogP contribution in [0.5, 0.6) is 11.5 Å². The number of halogens is 2. The molecule has 0 radical (unpaired) electrons. The summed E-state index contributed by atoms with van der Waals surface area (Å²) in [6, 6.07) is 10.5. The topological polar surface area (TPSA) is 64.6 Å². The van der Waals surface area contributed by atoms with Crippen LogP contribution in [0, 0.1) is 0 Å². The van der Waals surface area contributed by atoms with E-state index in [1.807, 2.05) is 0 Å². The van der Waals surface area contributed by atoms with E-state index in [1.54, 1.807) is 24.3 Å². The number of ether oxygens (including phenoxy) is 2. The number of ketones is 1. The van der Waals surface area contributed by atoms with E-state index in [2.05, 4.69) is 10.1 Å². The average Bonchev–Trinajstić information content (AvgIpc) is 2.55. The quantitative estimate of drug-likeness (QED) is 0.817. The highest BCUT2D eigenvalue weighted by Crippen LogP contribution is 2.33. The Balaban J connectivity index is 2.27. The molecule has 1 N–H and O–H groups in total. The number of carbonyl (C=O) groups is 2. The molecule has 1 amide bonds. The second-order valence-corrected chi connectivity index (χ2v) is 4.80. The van der Waals surface area contributed by atoms with Crippen LogP contribution in [-0.2, 0) is 0 Å². The fraction of sp³-hybridized carbons (Fsp3) is 0.176. The van der Waals surface area contributed by atoms with Gasteiger partial charge in [0.1, 0.15) is 0 Å². The van der Waals surface area contributed by atoms with Crippen LogP contribution in [0.3, 0.4) is 0 Å². The van der Waals surface area contributed by atoms with Gasteiger partial charge in [-0.2, -0.15) is 8.78 Å². The number of benzene rings is 2. The maximum Gasteiger partial charge on any atom is 0.387 e. The van der Waals surface area contributed by atoms with Gasteiger partial charge in [0, 0.05) is 11.3 Å². The lowest BCUT2D eigenvalue weighted by Crippen LogP contribution is -2.15. The van der Waals surface area contributed by atoms with Crippen molar-refractivity contribution in [2.24, 2.45) is 0 Å². The summed E-state index contributed by atoms with van der Waals surface area (Å²) in [7, 11) is 1.29. The molecule has 0 aliphatic rings. The molecule has 0 spiro atoms. The van der Waals surface area contributed by atoms with Gasteiger partial charge in [-0.3, -0.25) is 9.59 Å². The molecule has 2 aromatic carbocycles. The first-order valence-corrected chi connectivity index (χ1v) is 6.96. The number of hydrogen-bond acceptors (Lipinski definition) is 4. The van der Waals surface area contributed by atoms with Gasteiger partial charge in [-0.15, -0.1) is 0 Å². The third-order valence-electron chi connectivity index (χ3n) is 3.20. The number of amides is 1. The highest BCUT2D eigenvalue weighted by Gasteiger charge is 2.20. The third-order valence-corrected chi connectivity index (χ3v) is 3.20. The summed E-state index contributed by atoms with van der Waals surface area (Å²) >= 11 is 0. The molecule has 0 saturated carbocycles. The van der Waals surface area contributed by atoms with Crippen LogP contribution in [-0.4, -0.2) is 25.4 Å². The summed E-state index contributed by atoms with van der Waals surface area (Å²) < 4.78 is 34.5. The smallest absolute Gasteiger partial charge is 0.387 e. The van der Waals surface area contributed by atoms with Gasteiger partial charge < -0.3 is 14.8 Å². The van der Waals surface area contributed by atoms with Crippen molar-refractivity contribution >= 4 is 17.4 Å². The Morgan fingerprint density at radius 2 is 1.75 bits per heavy atom. The zero-order valence-corrected chi connectivity index (χ0v) is 13.0. The molecule has 0 fully saturated rings. The largest absolute Gasteiger partial charge is 0.493 e. The van der Waals surface area contributed by atoms with Gasteiger partial charge >= 0.3 is 6.61 Å². The van der Waals surface area contributed by atoms with Crippen molar-refractivity contribution in [2.45, 2.75) is 13.5 Å². The standard InChI is InChI=1S/C17H15F2NO4/c1-10(21)11-6-8-12(9-7-11)20-16(22)13-4-3-5-14(23-2)15(13)24-17(18)19/h3-9,17H,1-2H3,(H,20,22). The van der Waals surface area contributed by atoms with E-state index in [4.69, 9.17) is 4.74 Å². The first-order chi connectivity index (χ1) is 11.4. The van der Waals surface area contributed by atoms with Crippen LogP contribution in [0.25, 0.3) is 0 Å². The number of para-hydroxylation sites is 1. The van der Waals surface area contributed by atoms with Crippen LogP contribution in [0.4, 0.5) is 14.5 Å². The average molecular weight is 335 g/mol. The van der Waals surface area contributed by atoms with Gasteiger partial charge in [-0.1, -0.05) is 6.07 Å². The van der Waals surface area contributed by atoms with Crippen molar-refractivity contribution in [3.05, 3.63) is 53.6 Å². The predicted octanol–water partition coefficient (Wildman–Crippen LogP) is 3.75. The molecule has 0 aliphatic heterocycles. The number of Topliss-reactive ketones (excluding diaryl/α,β-unsaturated/α-hetero) is 1. The fourth-order valence-electron chi connectivity index (χ4n) is 2.05. The molecule has 0 aliphatic carbocycles. The van der Waals surface area contributed by atoms with Crippen molar-refractivity contribution < 1.29 is 27.8 Å². The van der Waals surface area contributed by atoms with E-state index < -0.39 is 12.5 Å². The molecular formula is C17H15F2NO4. The molecule has 7 heteroatoms. The Labute approximate surface area is 137 Å². The lowest BCUT2D eigenvalue weighted by Gasteiger charge is -2.14. The maximum absolute atomic E-state index is 12.6. The normalized spacial score (nSPS) is 10.4. The monoisotopic (exact) mass is 335 g/mol. The van der Waals surface area contributed by atoms with Gasteiger partial charge in [0.2, 0.25) is 0 Å². The minimum Gasteiger partial charge on any atom is -0.493 e. The van der Waals surface area contributed by atoms with E-state index in [1.165, 1.54) is 32.2 Å². The highest BCUT2D eigenvalue weighted by molar-refractivity contribution is 6.07. The number of carbonyl (C=O) groups excluding carboxylic acids is 2. The summed E-state index contributed by atoms with van der Waals surface area (Å²) in [5, 5.41) is 2.56. The van der Waals surface area contributed by atoms with Crippen molar-refractivity contribution in [2.75, 3.05) is 12.4 Å². The van der Waals surface area contributed by atoms with Crippen molar-refractivity contribution in [1.29, 1.82) is 0 Å². The summed E-state index contributed by atoms with van der Waals surface area (Å²) in [6.07, 6.45) is 0. The minimum absolute atomic E-state index is 0.0230. The fourth-order valence-corrected chi connectivity index (χ4v) is 2.05. The van der Waals surface area contributed by atoms with Crippen molar-refractivity contribution in [1.82, 2.24) is 0 Å². The lowest BCUT2D eigenvalue weighted by atomic mass is 10.1. The summed E-state index contributed by atoms with van der Waals surface area (Å²) in [4.78, 5) is 23.6. The SMILES string of the molecule is COc1cccc(C(=O)Nc2ccc(C(C)=O)cc2)c1OC(F)F. The second kappa shape index (κ2) is 7.54. The number of hydrogen-bond donors (Lipinski definition) is 1. The van der Waals surface area contributed by atoms with Crippen LogP contribution < -0.4 is 14.8 Å². The van der Waals surface area contributed by atoms with Crippen LogP contribution in [0.15, 0.2) is 42.5 Å². The van der Waals surface area contributed by atoms with Crippen LogP contribution in [0.2, 0.25) is 0 Å². The molecule has 2 rings (SSSR count). The molecule has 0 heterocycles. The Hall–Kier alpha value is -2.96. The van der Waals surface area contributed by atoms with Gasteiger partial charge in [-0.25, -0.2) is 0 Å². The molecular weight excluding hydrogens is 320 g/mol. The van der Waals surface area contributed by atoms with Crippen molar-refractivity contribution in [3.63, 3.8) is 0 Å². The predicted molar refractivity (Wildman–Crippen MR) is 84.0 cm³/mol. The van der Waals surface area contributed by atoms with Gasteiger partial charge in [0.05, 0.1) is 12.7 Å². The molecule has 0 saturated heterocycles. The molecule has 126 valence electrons. The van der Waals surface area contributed by atoms with Gasteiger partial charge in [-0.05, 0) is 43.3 Å². The van der Waals surface area contributed by atoms with Crippen molar-refractivity contribution in [3.8, 4) is 11.5 Å². The summed E-state index contributed by atoms with van der Waals surface area (Å²) in [5.74, 6) is -1.06. The van der Waals surface area contributed by atoms with Gasteiger partial charge in [0.15, 0.2) is 17.3 Å². The van der Waals surface area contributed by atoms with Crippen LogP contribution >= 0.6 is 0 Å². The van der Waals surface area contributed by atoms with Gasteiger partial charge in [0.25, 0.3) is 5.91 Å². The Morgan fingerprint density at radius 3 is 2.29 bits per heavy atom. The molecule has 5 nitrogen and oxygen atoms in total. The number of anilines is 1. The Morgan fingerprint density at radius 1 is 1.08 bits per heavy atom. The first kappa shape index (κ1) is 17.4. The summed E-state index contributed by atoms with van der Waals surface area (Å²) in [6.45, 7) is -1.67. The molecule has 0 aromatic heterocycles. The molecule has 2 aromatic rings. The molecule has 24 heavy (non-hydrogen) atoms. The van der Waals surface area contributed by atoms with Crippen LogP contribution in [0.1, 0.15) is 27.6 Å². The van der Waals surface area contributed by atoms with E-state index in [-0.39, 0.29) is 22.8 Å². The third kappa shape index (κ3) is 4.07. The second-order valence-electron chi connectivity index (χ2n) is 4.80. The maximum atomic E-state index is 12.6. The zero-order valence-electron chi connectivity index (χ0n) is 13.0. The number of nitrogens with one attached hydrogen (secondary N) is 1. The van der Waals surface area contributed by atoms with E-state index in [0.717, 1.165) is 0 Å². The molecule has 0 unspecified atom stereocenters. The highest BCUT2D eigenvalue weighted by atomic mass is 19.3. The summed E-state index contributed by atoms with van der Waals surface area (Å²) in [5.41, 5.74) is 0.817. The first-order valence-electron chi connectivity index (χ1n) is 6.96. The van der Waals surface area contributed by atoms with E-state index in [9.17, 15) is 18.4 Å².